The van der Waals surface area contributed by atoms with Crippen molar-refractivity contribution in [2.45, 2.75) is 44.7 Å². The molecule has 15 nitrogen and oxygen atoms in total. The number of rotatable bonds is 11. The molecule has 4 aliphatic rings. The number of nitrogens with zero attached hydrogens (tertiary/aromatic N) is 8. The number of hydrogen-bond donors (Lipinski definition) is 2. The molecule has 2 unspecified atom stereocenters. The monoisotopic (exact) mass is 808 g/mol. The van der Waals surface area contributed by atoms with E-state index in [0.717, 1.165) is 80.7 Å². The molecule has 16 heteroatoms. The molecule has 2 aromatic carbocycles. The number of benzene rings is 2. The summed E-state index contributed by atoms with van der Waals surface area (Å²) in [6, 6.07) is 15.6. The second-order valence-corrected chi connectivity index (χ2v) is 15.8. The number of aldehydes is 1. The van der Waals surface area contributed by atoms with Crippen LogP contribution in [0.25, 0.3) is 0 Å². The van der Waals surface area contributed by atoms with Crippen molar-refractivity contribution in [3.8, 4) is 6.07 Å². The van der Waals surface area contributed by atoms with Gasteiger partial charge in [0, 0.05) is 96.3 Å². The molecule has 0 saturated carbocycles. The van der Waals surface area contributed by atoms with Crippen LogP contribution in [-0.4, -0.2) is 134 Å². The van der Waals surface area contributed by atoms with Crippen LogP contribution >= 0.6 is 11.6 Å². The number of aromatic nitrogens is 1. The standard InChI is InChI=1S/C42H49ClN10O5/c1-28-26-51(19-20-52(28)33-7-5-30(24-44)36(43)23-33)42(58)47-31-6-10-38(46-25-31)50-13-11-29(12-14-50)27-48-15-17-49(18-16-48)32-8-9-34-35(22-32)41(57)53(40(34)56)37(4-3-21-54)39(55)45-2/h5-10,21-23,25,28-29,37H,3-4,11-20,26-27H2,1-2H3,(H,45,55)(H,47,58). The molecule has 4 aliphatic heterocycles. The normalized spacial score (nSPS) is 19.5. The molecule has 0 spiro atoms. The number of carbonyl (C=O) groups is 5. The number of pyridine rings is 1. The molecule has 7 rings (SSSR count). The minimum absolute atomic E-state index is 0.0644. The van der Waals surface area contributed by atoms with Gasteiger partial charge in [0.25, 0.3) is 11.8 Å². The molecule has 0 radical (unpaired) electrons. The average Bonchev–Trinajstić information content (AvgIpc) is 3.49. The summed E-state index contributed by atoms with van der Waals surface area (Å²) in [5.74, 6) is -0.0212. The molecular formula is C42H49ClN10O5. The van der Waals surface area contributed by atoms with Gasteiger partial charge in [-0.05, 0) is 80.6 Å². The second kappa shape index (κ2) is 17.8. The largest absolute Gasteiger partial charge is 0.369 e. The first-order valence-electron chi connectivity index (χ1n) is 20.0. The van der Waals surface area contributed by atoms with E-state index >= 15 is 0 Å². The molecule has 2 N–H and O–H groups in total. The first-order valence-corrected chi connectivity index (χ1v) is 20.3. The highest BCUT2D eigenvalue weighted by Crippen LogP contribution is 2.32. The molecular weight excluding hydrogens is 760 g/mol. The van der Waals surface area contributed by atoms with Crippen molar-refractivity contribution >= 4 is 64.5 Å². The van der Waals surface area contributed by atoms with Gasteiger partial charge < -0.3 is 35.0 Å². The lowest BCUT2D eigenvalue weighted by atomic mass is 9.96. The lowest BCUT2D eigenvalue weighted by molar-refractivity contribution is -0.124. The number of imide groups is 1. The van der Waals surface area contributed by atoms with Gasteiger partial charge in [-0.1, -0.05) is 11.6 Å². The zero-order valence-electron chi connectivity index (χ0n) is 32.9. The van der Waals surface area contributed by atoms with Gasteiger partial charge in [-0.3, -0.25) is 24.2 Å². The highest BCUT2D eigenvalue weighted by atomic mass is 35.5. The summed E-state index contributed by atoms with van der Waals surface area (Å²) >= 11 is 6.27. The quantitative estimate of drug-likeness (QED) is 0.212. The van der Waals surface area contributed by atoms with E-state index in [-0.39, 0.29) is 30.5 Å². The van der Waals surface area contributed by atoms with Crippen LogP contribution in [0.2, 0.25) is 5.02 Å². The van der Waals surface area contributed by atoms with Crippen molar-refractivity contribution < 1.29 is 24.0 Å². The molecule has 3 aromatic rings. The van der Waals surface area contributed by atoms with Crippen LogP contribution in [0.3, 0.4) is 0 Å². The molecule has 0 bridgehead atoms. The van der Waals surface area contributed by atoms with Gasteiger partial charge in [0.1, 0.15) is 24.2 Å². The Balaban J connectivity index is 0.843. The Kier molecular flexibility index (Phi) is 12.4. The number of fused-ring (bicyclic) bond motifs is 1. The smallest absolute Gasteiger partial charge is 0.322 e. The molecule has 5 amide bonds. The van der Waals surface area contributed by atoms with Crippen LogP contribution < -0.4 is 25.3 Å². The maximum Gasteiger partial charge on any atom is 0.322 e. The Labute approximate surface area is 343 Å². The number of urea groups is 1. The fraction of sp³-hybridized carbons (Fsp3) is 0.452. The topological polar surface area (TPSA) is 166 Å². The number of nitrogens with one attached hydrogen (secondary N) is 2. The second-order valence-electron chi connectivity index (χ2n) is 15.4. The van der Waals surface area contributed by atoms with Gasteiger partial charge in [0.15, 0.2) is 0 Å². The lowest BCUT2D eigenvalue weighted by Gasteiger charge is -2.41. The van der Waals surface area contributed by atoms with Crippen LogP contribution in [0.15, 0.2) is 54.7 Å². The van der Waals surface area contributed by atoms with Gasteiger partial charge >= 0.3 is 6.03 Å². The zero-order valence-corrected chi connectivity index (χ0v) is 33.7. The Bertz CT molecular complexity index is 2080. The third-order valence-corrected chi connectivity index (χ3v) is 12.1. The predicted octanol–water partition coefficient (Wildman–Crippen LogP) is 4.08. The molecule has 2 atom stereocenters. The minimum atomic E-state index is -1.04. The van der Waals surface area contributed by atoms with Gasteiger partial charge in [0.2, 0.25) is 5.91 Å². The van der Waals surface area contributed by atoms with Crippen LogP contribution in [0, 0.1) is 17.2 Å². The van der Waals surface area contributed by atoms with E-state index < -0.39 is 23.8 Å². The molecule has 58 heavy (non-hydrogen) atoms. The van der Waals surface area contributed by atoms with Crippen molar-refractivity contribution in [2.75, 3.05) is 92.5 Å². The van der Waals surface area contributed by atoms with E-state index in [1.165, 1.54) is 7.05 Å². The first-order chi connectivity index (χ1) is 28.1. The molecule has 0 aliphatic carbocycles. The zero-order chi connectivity index (χ0) is 40.9. The number of piperazine rings is 2. The maximum atomic E-state index is 13.4. The lowest BCUT2D eigenvalue weighted by Crippen LogP contribution is -2.54. The third kappa shape index (κ3) is 8.58. The van der Waals surface area contributed by atoms with Crippen molar-refractivity contribution in [2.24, 2.45) is 5.92 Å². The van der Waals surface area contributed by atoms with E-state index in [4.69, 9.17) is 16.6 Å². The SMILES string of the molecule is CNC(=O)C(CCC=O)N1C(=O)c2ccc(N3CCN(CC4CCN(c5ccc(NC(=O)N6CCN(c7ccc(C#N)c(Cl)c7)C(C)C6)cn5)CC4)CC3)cc2C1=O. The number of piperidine rings is 1. The predicted molar refractivity (Wildman–Crippen MR) is 221 cm³/mol. The Morgan fingerprint density at radius 3 is 2.33 bits per heavy atom. The van der Waals surface area contributed by atoms with Crippen LogP contribution in [0.4, 0.5) is 27.7 Å². The van der Waals surface area contributed by atoms with Gasteiger partial charge in [0.05, 0.1) is 33.6 Å². The van der Waals surface area contributed by atoms with E-state index in [2.05, 4.69) is 43.2 Å². The number of nitriles is 1. The maximum absolute atomic E-state index is 13.4. The third-order valence-electron chi connectivity index (χ3n) is 11.8. The molecule has 3 saturated heterocycles. The summed E-state index contributed by atoms with van der Waals surface area (Å²) < 4.78 is 0. The van der Waals surface area contributed by atoms with Crippen molar-refractivity contribution in [3.63, 3.8) is 0 Å². The average molecular weight is 809 g/mol. The molecule has 304 valence electrons. The highest BCUT2D eigenvalue weighted by Gasteiger charge is 2.43. The van der Waals surface area contributed by atoms with Gasteiger partial charge in [-0.25, -0.2) is 9.78 Å². The number of anilines is 4. The van der Waals surface area contributed by atoms with E-state index in [1.54, 1.807) is 24.4 Å². The van der Waals surface area contributed by atoms with E-state index in [1.807, 2.05) is 35.2 Å². The summed E-state index contributed by atoms with van der Waals surface area (Å²) in [6.07, 6.45) is 4.66. The van der Waals surface area contributed by atoms with Crippen LogP contribution in [-0.2, 0) is 9.59 Å². The van der Waals surface area contributed by atoms with Crippen molar-refractivity contribution in [3.05, 3.63) is 76.4 Å². The molecule has 5 heterocycles. The van der Waals surface area contributed by atoms with E-state index in [9.17, 15) is 29.2 Å². The fourth-order valence-electron chi connectivity index (χ4n) is 8.54. The number of amides is 5. The summed E-state index contributed by atoms with van der Waals surface area (Å²) in [6.45, 7) is 10.0. The molecule has 1 aromatic heterocycles. The van der Waals surface area contributed by atoms with Crippen molar-refractivity contribution in [1.29, 1.82) is 5.26 Å². The van der Waals surface area contributed by atoms with Gasteiger partial charge in [-0.15, -0.1) is 0 Å². The summed E-state index contributed by atoms with van der Waals surface area (Å²) in [4.78, 5) is 80.1. The number of likely N-dealkylation sites (N-methyl/N-ethyl adjacent to an activating group) is 1. The van der Waals surface area contributed by atoms with Gasteiger partial charge in [-0.2, -0.15) is 5.26 Å². The summed E-state index contributed by atoms with van der Waals surface area (Å²) in [7, 11) is 1.45. The van der Waals surface area contributed by atoms with Crippen LogP contribution in [0.1, 0.15) is 58.9 Å². The number of hydrogen-bond acceptors (Lipinski definition) is 11. The summed E-state index contributed by atoms with van der Waals surface area (Å²) in [5.41, 5.74) is 3.47. The van der Waals surface area contributed by atoms with Crippen molar-refractivity contribution in [1.82, 2.24) is 25.0 Å². The summed E-state index contributed by atoms with van der Waals surface area (Å²) in [5, 5.41) is 15.1. The molecule has 3 fully saturated rings. The Morgan fingerprint density at radius 2 is 1.67 bits per heavy atom. The highest BCUT2D eigenvalue weighted by molar-refractivity contribution is 6.32. The minimum Gasteiger partial charge on any atom is -0.369 e. The Hall–Kier alpha value is -5.72. The van der Waals surface area contributed by atoms with E-state index in [0.29, 0.717) is 53.7 Å². The number of halogens is 1. The fourth-order valence-corrected chi connectivity index (χ4v) is 8.76. The number of carbonyl (C=O) groups excluding carboxylic acids is 5. The Morgan fingerprint density at radius 1 is 0.931 bits per heavy atom. The first kappa shape index (κ1) is 40.5. The van der Waals surface area contributed by atoms with Crippen LogP contribution in [0.5, 0.6) is 0 Å².